The zero-order valence-electron chi connectivity index (χ0n) is 11.8. The number of hydrogen-bond acceptors (Lipinski definition) is 1. The molecule has 1 aromatic rings. The van der Waals surface area contributed by atoms with Crippen molar-refractivity contribution in [3.8, 4) is 0 Å². The Balaban J connectivity index is 2.48. The molecule has 5 heteroatoms. The van der Waals surface area contributed by atoms with E-state index in [0.717, 1.165) is 31.4 Å². The molecule has 20 heavy (non-hydrogen) atoms. The molecule has 0 heterocycles. The smallest absolute Gasteiger partial charge is 0.352 e. The number of benzene rings is 1. The largest absolute Gasteiger partial charge is 0.416 e. The van der Waals surface area contributed by atoms with E-state index >= 15 is 0 Å². The van der Waals surface area contributed by atoms with E-state index in [1.165, 1.54) is 12.1 Å². The van der Waals surface area contributed by atoms with Crippen molar-refractivity contribution in [3.05, 3.63) is 35.4 Å². The van der Waals surface area contributed by atoms with Crippen LogP contribution in [0.4, 0.5) is 13.2 Å². The molecule has 0 fully saturated rings. The summed E-state index contributed by atoms with van der Waals surface area (Å²) < 4.78 is 37.2. The minimum absolute atomic E-state index is 0.0571. The van der Waals surface area contributed by atoms with Gasteiger partial charge in [0.25, 0.3) is 0 Å². The first kappa shape index (κ1) is 16.5. The molecule has 1 atom stereocenters. The molecule has 0 bridgehead atoms. The summed E-state index contributed by atoms with van der Waals surface area (Å²) in [4.78, 5) is 11.8. The van der Waals surface area contributed by atoms with Gasteiger partial charge in [-0.3, -0.25) is 4.79 Å². The molecule has 0 aliphatic rings. The molecular formula is C15H20F3NO. The van der Waals surface area contributed by atoms with Crippen LogP contribution in [0.15, 0.2) is 24.3 Å². The van der Waals surface area contributed by atoms with Crippen molar-refractivity contribution < 1.29 is 18.0 Å². The Kier molecular flexibility index (Phi) is 6.05. The summed E-state index contributed by atoms with van der Waals surface area (Å²) in [5.41, 5.74) is -0.0158. The van der Waals surface area contributed by atoms with E-state index in [9.17, 15) is 18.0 Å². The van der Waals surface area contributed by atoms with Crippen LogP contribution >= 0.6 is 0 Å². The summed E-state index contributed by atoms with van der Waals surface area (Å²) in [7, 11) is 0. The molecule has 0 aromatic heterocycles. The lowest BCUT2D eigenvalue weighted by atomic mass is 10.0. The van der Waals surface area contributed by atoms with Gasteiger partial charge in [0.1, 0.15) is 0 Å². The van der Waals surface area contributed by atoms with Crippen LogP contribution in [0.5, 0.6) is 0 Å². The molecule has 112 valence electrons. The van der Waals surface area contributed by atoms with Gasteiger partial charge in [0.15, 0.2) is 0 Å². The Morgan fingerprint density at radius 3 is 2.35 bits per heavy atom. The Labute approximate surface area is 117 Å². The predicted octanol–water partition coefficient (Wildman–Crippen LogP) is 4.15. The third-order valence-corrected chi connectivity index (χ3v) is 3.19. The van der Waals surface area contributed by atoms with Gasteiger partial charge in [0.2, 0.25) is 5.91 Å². The van der Waals surface area contributed by atoms with Crippen LogP contribution < -0.4 is 5.32 Å². The number of halogens is 3. The number of amides is 1. The number of nitrogens with one attached hydrogen (secondary N) is 1. The van der Waals surface area contributed by atoms with Crippen molar-refractivity contribution in [2.45, 2.75) is 45.8 Å². The molecule has 0 unspecified atom stereocenters. The molecule has 1 rings (SSSR count). The first-order valence-electron chi connectivity index (χ1n) is 6.78. The van der Waals surface area contributed by atoms with Crippen molar-refractivity contribution in [3.63, 3.8) is 0 Å². The Bertz CT molecular complexity index is 426. The van der Waals surface area contributed by atoms with E-state index < -0.39 is 11.7 Å². The maximum Gasteiger partial charge on any atom is 0.416 e. The third kappa shape index (κ3) is 5.23. The fourth-order valence-corrected chi connectivity index (χ4v) is 1.82. The van der Waals surface area contributed by atoms with Gasteiger partial charge in [0, 0.05) is 12.5 Å². The highest BCUT2D eigenvalue weighted by molar-refractivity contribution is 5.78. The maximum absolute atomic E-state index is 12.4. The molecule has 1 amide bonds. The number of unbranched alkanes of at least 4 members (excludes halogenated alkanes) is 1. The molecule has 1 aromatic carbocycles. The maximum atomic E-state index is 12.4. The zero-order chi connectivity index (χ0) is 15.2. The summed E-state index contributed by atoms with van der Waals surface area (Å²) in [6.07, 6.45) is -1.46. The minimum Gasteiger partial charge on any atom is -0.352 e. The second-order valence-corrected chi connectivity index (χ2v) is 4.96. The highest BCUT2D eigenvalue weighted by Gasteiger charge is 2.29. The molecule has 0 aliphatic heterocycles. The predicted molar refractivity (Wildman–Crippen MR) is 72.0 cm³/mol. The Morgan fingerprint density at radius 1 is 1.25 bits per heavy atom. The summed E-state index contributed by atoms with van der Waals surface area (Å²) in [6.45, 7) is 4.18. The normalized spacial score (nSPS) is 13.1. The van der Waals surface area contributed by atoms with Crippen LogP contribution in [0.3, 0.4) is 0 Å². The lowest BCUT2D eigenvalue weighted by Gasteiger charge is -2.12. The number of carbonyl (C=O) groups excluding carboxylic acids is 1. The summed E-state index contributed by atoms with van der Waals surface area (Å²) >= 11 is 0. The van der Waals surface area contributed by atoms with E-state index in [1.54, 1.807) is 0 Å². The first-order valence-corrected chi connectivity index (χ1v) is 6.78. The number of alkyl halides is 3. The monoisotopic (exact) mass is 287 g/mol. The Morgan fingerprint density at radius 2 is 1.85 bits per heavy atom. The van der Waals surface area contributed by atoms with E-state index in [1.807, 2.05) is 6.92 Å². The molecule has 0 spiro atoms. The standard InChI is InChI=1S/C15H20F3NO/c1-3-4-5-11(2)14(20)19-10-12-6-8-13(9-7-12)15(16,17)18/h6-9,11H,3-5,10H2,1-2H3,(H,19,20)/t11-/m1/s1. The van der Waals surface area contributed by atoms with Crippen LogP contribution in [-0.2, 0) is 17.5 Å². The van der Waals surface area contributed by atoms with Crippen molar-refractivity contribution in [1.29, 1.82) is 0 Å². The van der Waals surface area contributed by atoms with Gasteiger partial charge >= 0.3 is 6.18 Å². The molecule has 2 nitrogen and oxygen atoms in total. The van der Waals surface area contributed by atoms with Crippen LogP contribution in [0.2, 0.25) is 0 Å². The Hall–Kier alpha value is -1.52. The van der Waals surface area contributed by atoms with Gasteiger partial charge in [-0.25, -0.2) is 0 Å². The third-order valence-electron chi connectivity index (χ3n) is 3.19. The van der Waals surface area contributed by atoms with Crippen molar-refractivity contribution >= 4 is 5.91 Å². The van der Waals surface area contributed by atoms with E-state index in [4.69, 9.17) is 0 Å². The summed E-state index contributed by atoms with van der Waals surface area (Å²) in [5, 5.41) is 2.75. The number of carbonyl (C=O) groups is 1. The number of hydrogen-bond donors (Lipinski definition) is 1. The van der Waals surface area contributed by atoms with Crippen LogP contribution in [0.25, 0.3) is 0 Å². The molecule has 1 N–H and O–H groups in total. The summed E-state index contributed by atoms with van der Waals surface area (Å²) in [5.74, 6) is -0.122. The average Bonchev–Trinajstić information content (AvgIpc) is 2.41. The van der Waals surface area contributed by atoms with E-state index in [-0.39, 0.29) is 18.4 Å². The second-order valence-electron chi connectivity index (χ2n) is 4.96. The van der Waals surface area contributed by atoms with Crippen molar-refractivity contribution in [2.75, 3.05) is 0 Å². The fraction of sp³-hybridized carbons (Fsp3) is 0.533. The lowest BCUT2D eigenvalue weighted by molar-refractivity contribution is -0.137. The molecular weight excluding hydrogens is 267 g/mol. The van der Waals surface area contributed by atoms with Crippen LogP contribution in [-0.4, -0.2) is 5.91 Å². The van der Waals surface area contributed by atoms with Gasteiger partial charge in [-0.05, 0) is 24.1 Å². The SMILES string of the molecule is CCCC[C@@H](C)C(=O)NCc1ccc(C(F)(F)F)cc1. The van der Waals surface area contributed by atoms with Crippen LogP contribution in [0.1, 0.15) is 44.2 Å². The van der Waals surface area contributed by atoms with Gasteiger partial charge < -0.3 is 5.32 Å². The lowest BCUT2D eigenvalue weighted by Crippen LogP contribution is -2.28. The van der Waals surface area contributed by atoms with Gasteiger partial charge in [0.05, 0.1) is 5.56 Å². The first-order chi connectivity index (χ1) is 9.34. The van der Waals surface area contributed by atoms with Crippen LogP contribution in [0, 0.1) is 5.92 Å². The zero-order valence-corrected chi connectivity index (χ0v) is 11.8. The minimum atomic E-state index is -4.32. The van der Waals surface area contributed by atoms with Crippen molar-refractivity contribution in [2.24, 2.45) is 5.92 Å². The quantitative estimate of drug-likeness (QED) is 0.836. The molecule has 0 radical (unpaired) electrons. The fourth-order valence-electron chi connectivity index (χ4n) is 1.82. The van der Waals surface area contributed by atoms with E-state index in [0.29, 0.717) is 5.56 Å². The number of rotatable bonds is 6. The molecule has 0 saturated carbocycles. The second kappa shape index (κ2) is 7.31. The highest BCUT2D eigenvalue weighted by Crippen LogP contribution is 2.29. The van der Waals surface area contributed by atoms with Gasteiger partial charge in [-0.15, -0.1) is 0 Å². The topological polar surface area (TPSA) is 29.1 Å². The molecule has 0 aliphatic carbocycles. The summed E-state index contributed by atoms with van der Waals surface area (Å²) in [6, 6.07) is 4.84. The van der Waals surface area contributed by atoms with Crippen molar-refractivity contribution in [1.82, 2.24) is 5.32 Å². The highest BCUT2D eigenvalue weighted by atomic mass is 19.4. The van der Waals surface area contributed by atoms with Gasteiger partial charge in [-0.1, -0.05) is 38.8 Å². The van der Waals surface area contributed by atoms with Gasteiger partial charge in [-0.2, -0.15) is 13.2 Å². The molecule has 0 saturated heterocycles. The average molecular weight is 287 g/mol. The van der Waals surface area contributed by atoms with E-state index in [2.05, 4.69) is 12.2 Å².